The van der Waals surface area contributed by atoms with Crippen molar-refractivity contribution in [2.75, 3.05) is 6.61 Å². The number of unbranched alkanes of at least 4 members (excludes halogenated alkanes) is 7. The van der Waals surface area contributed by atoms with Gasteiger partial charge in [-0.1, -0.05) is 70.1 Å². The lowest BCUT2D eigenvalue weighted by Gasteiger charge is -2.19. The lowest BCUT2D eigenvalue weighted by molar-refractivity contribution is 0.0498. The van der Waals surface area contributed by atoms with Gasteiger partial charge in [-0.15, -0.1) is 0 Å². The molecule has 0 radical (unpaired) electrons. The molecule has 0 aromatic heterocycles. The van der Waals surface area contributed by atoms with E-state index in [4.69, 9.17) is 9.15 Å². The molecular formula is C30H28Br4O5. The van der Waals surface area contributed by atoms with Crippen LogP contribution >= 0.6 is 63.7 Å². The van der Waals surface area contributed by atoms with Crippen molar-refractivity contribution in [1.82, 2.24) is 0 Å². The monoisotopic (exact) mass is 784 g/mol. The summed E-state index contributed by atoms with van der Waals surface area (Å²) in [6, 6.07) is 10.7. The Bertz CT molecular complexity index is 1530. The number of benzene rings is 3. The molecule has 0 fully saturated rings. The van der Waals surface area contributed by atoms with Crippen molar-refractivity contribution < 1.29 is 19.1 Å². The lowest BCUT2D eigenvalue weighted by atomic mass is 9.91. The quantitative estimate of drug-likeness (QED) is 0.0931. The third-order valence-electron chi connectivity index (χ3n) is 6.67. The Hall–Kier alpha value is -1.68. The highest BCUT2D eigenvalue weighted by Gasteiger charge is 2.27. The zero-order valence-corrected chi connectivity index (χ0v) is 27.8. The van der Waals surface area contributed by atoms with Gasteiger partial charge in [0.15, 0.2) is 11.3 Å². The van der Waals surface area contributed by atoms with Crippen molar-refractivity contribution in [3.8, 4) is 28.2 Å². The van der Waals surface area contributed by atoms with Crippen LogP contribution in [0.1, 0.15) is 68.6 Å². The van der Waals surface area contributed by atoms with Crippen molar-refractivity contribution in [1.29, 1.82) is 0 Å². The summed E-state index contributed by atoms with van der Waals surface area (Å²) in [6.45, 7) is 2.57. The van der Waals surface area contributed by atoms with Crippen LogP contribution in [-0.2, 0) is 4.74 Å². The Morgan fingerprint density at radius 1 is 0.872 bits per heavy atom. The lowest BCUT2D eigenvalue weighted by Crippen LogP contribution is -2.10. The van der Waals surface area contributed by atoms with Gasteiger partial charge in [-0.05, 0) is 93.9 Å². The number of halogens is 4. The van der Waals surface area contributed by atoms with Crippen LogP contribution in [0.25, 0.3) is 33.4 Å². The van der Waals surface area contributed by atoms with E-state index in [-0.39, 0.29) is 15.7 Å². The van der Waals surface area contributed by atoms with Gasteiger partial charge in [0, 0.05) is 16.5 Å². The fourth-order valence-corrected chi connectivity index (χ4v) is 7.04. The number of aromatic hydroxyl groups is 1. The third kappa shape index (κ3) is 6.63. The molecule has 0 bridgehead atoms. The normalized spacial score (nSPS) is 11.4. The molecule has 0 atom stereocenters. The second-order valence-electron chi connectivity index (χ2n) is 9.41. The summed E-state index contributed by atoms with van der Waals surface area (Å²) in [5.41, 5.74) is 2.40. The van der Waals surface area contributed by atoms with Crippen LogP contribution in [0.15, 0.2) is 63.5 Å². The van der Waals surface area contributed by atoms with Gasteiger partial charge >= 0.3 is 5.97 Å². The second-order valence-corrected chi connectivity index (χ2v) is 12.7. The number of ether oxygens (including phenoxy) is 1. The van der Waals surface area contributed by atoms with Crippen molar-refractivity contribution in [3.05, 3.63) is 70.1 Å². The highest BCUT2D eigenvalue weighted by molar-refractivity contribution is 9.11. The summed E-state index contributed by atoms with van der Waals surface area (Å²) in [5.74, 6) is -0.147. The van der Waals surface area contributed by atoms with E-state index in [0.717, 1.165) is 19.3 Å². The predicted molar refractivity (Wildman–Crippen MR) is 170 cm³/mol. The highest BCUT2D eigenvalue weighted by atomic mass is 79.9. The number of hydrogen-bond acceptors (Lipinski definition) is 5. The van der Waals surface area contributed by atoms with Gasteiger partial charge < -0.3 is 14.3 Å². The SMILES string of the molecule is CCCCCCCCCCOC(=O)c1ccccc1-c1c2cc(Br)c(=O)c(Br)c-2oc2c(Br)c(O)c(Br)cc12. The average molecular weight is 788 g/mol. The molecule has 1 aliphatic heterocycles. The van der Waals surface area contributed by atoms with E-state index in [9.17, 15) is 14.7 Å². The van der Waals surface area contributed by atoms with Crippen LogP contribution in [0.4, 0.5) is 0 Å². The van der Waals surface area contributed by atoms with Crippen LogP contribution < -0.4 is 5.43 Å². The number of fused-ring (bicyclic) bond motifs is 2. The highest BCUT2D eigenvalue weighted by Crippen LogP contribution is 2.49. The molecular weight excluding hydrogens is 760 g/mol. The topological polar surface area (TPSA) is 76.7 Å². The van der Waals surface area contributed by atoms with Gasteiger partial charge in [0.1, 0.15) is 14.7 Å². The molecule has 9 heteroatoms. The Labute approximate surface area is 261 Å². The molecule has 39 heavy (non-hydrogen) atoms. The number of phenols is 1. The van der Waals surface area contributed by atoms with Crippen molar-refractivity contribution in [2.45, 2.75) is 58.3 Å². The first kappa shape index (κ1) is 30.3. The van der Waals surface area contributed by atoms with E-state index in [1.54, 1.807) is 24.3 Å². The molecule has 2 aromatic carbocycles. The van der Waals surface area contributed by atoms with Crippen LogP contribution in [0.3, 0.4) is 0 Å². The van der Waals surface area contributed by atoms with E-state index in [0.29, 0.717) is 59.0 Å². The fraction of sp³-hybridized carbons (Fsp3) is 0.333. The fourth-order valence-electron chi connectivity index (χ4n) is 4.64. The Morgan fingerprint density at radius 3 is 2.26 bits per heavy atom. The Kier molecular flexibility index (Phi) is 10.7. The van der Waals surface area contributed by atoms with E-state index < -0.39 is 5.97 Å². The molecule has 5 nitrogen and oxygen atoms in total. The Morgan fingerprint density at radius 2 is 1.54 bits per heavy atom. The smallest absolute Gasteiger partial charge is 0.338 e. The van der Waals surface area contributed by atoms with Crippen molar-refractivity contribution >= 4 is 80.7 Å². The molecule has 2 aromatic rings. The summed E-state index contributed by atoms with van der Waals surface area (Å²) >= 11 is 13.6. The number of hydrogen-bond donors (Lipinski definition) is 1. The largest absolute Gasteiger partial charge is 0.505 e. The zero-order chi connectivity index (χ0) is 28.1. The maximum absolute atomic E-state index is 13.3. The minimum atomic E-state index is -0.411. The second kappa shape index (κ2) is 13.8. The molecule has 0 saturated carbocycles. The van der Waals surface area contributed by atoms with Gasteiger partial charge in [-0.25, -0.2) is 4.79 Å². The van der Waals surface area contributed by atoms with E-state index in [1.165, 1.54) is 32.1 Å². The standard InChI is InChI=1S/C30H28Br4O5/c1-2-3-4-5-6-7-8-11-14-38-30(37)18-13-10-9-12-17(18)23-19-15-21(31)26(35)24(33)28(19)39-29-20(23)16-22(32)27(36)25(29)34/h9-10,12-13,15-16,35H,2-8,11,14H2,1H3. The summed E-state index contributed by atoms with van der Waals surface area (Å²) in [6.07, 6.45) is 9.29. The molecule has 1 aliphatic carbocycles. The van der Waals surface area contributed by atoms with Crippen LogP contribution in [-0.4, -0.2) is 17.7 Å². The van der Waals surface area contributed by atoms with Gasteiger partial charge in [0.2, 0.25) is 5.43 Å². The van der Waals surface area contributed by atoms with Gasteiger partial charge in [0.05, 0.1) is 21.1 Å². The van der Waals surface area contributed by atoms with E-state index in [1.807, 2.05) is 12.1 Å². The molecule has 4 rings (SSSR count). The van der Waals surface area contributed by atoms with Gasteiger partial charge in [-0.2, -0.15) is 0 Å². The number of phenolic OH excluding ortho intramolecular Hbond substituents is 1. The minimum Gasteiger partial charge on any atom is -0.505 e. The molecule has 0 amide bonds. The van der Waals surface area contributed by atoms with Crippen molar-refractivity contribution in [3.63, 3.8) is 0 Å². The first-order chi connectivity index (χ1) is 18.8. The maximum atomic E-state index is 13.3. The van der Waals surface area contributed by atoms with Gasteiger partial charge in [-0.3, -0.25) is 4.79 Å². The number of esters is 1. The number of carbonyl (C=O) groups excluding carboxylic acids is 1. The molecule has 2 aliphatic rings. The van der Waals surface area contributed by atoms with Crippen LogP contribution in [0, 0.1) is 0 Å². The maximum Gasteiger partial charge on any atom is 0.338 e. The molecule has 206 valence electrons. The predicted octanol–water partition coefficient (Wildman–Crippen LogP) is 10.6. The number of carbonyl (C=O) groups is 1. The van der Waals surface area contributed by atoms with Crippen LogP contribution in [0.5, 0.6) is 5.75 Å². The summed E-state index contributed by atoms with van der Waals surface area (Å²) < 4.78 is 13.2. The van der Waals surface area contributed by atoms with E-state index >= 15 is 0 Å². The number of rotatable bonds is 11. The Balaban J connectivity index is 1.71. The minimum absolute atomic E-state index is 0.0369. The summed E-state index contributed by atoms with van der Waals surface area (Å²) in [5, 5.41) is 11.2. The zero-order valence-electron chi connectivity index (χ0n) is 21.4. The first-order valence-corrected chi connectivity index (χ1v) is 16.1. The molecule has 0 spiro atoms. The molecule has 1 heterocycles. The average Bonchev–Trinajstić information content (AvgIpc) is 2.93. The van der Waals surface area contributed by atoms with Gasteiger partial charge in [0.25, 0.3) is 0 Å². The van der Waals surface area contributed by atoms with Crippen molar-refractivity contribution in [2.24, 2.45) is 0 Å². The van der Waals surface area contributed by atoms with Crippen LogP contribution in [0.2, 0.25) is 0 Å². The molecule has 0 saturated heterocycles. The third-order valence-corrected chi connectivity index (χ3v) is 9.32. The molecule has 1 N–H and O–H groups in total. The molecule has 0 unspecified atom stereocenters. The summed E-state index contributed by atoms with van der Waals surface area (Å²) in [7, 11) is 0. The first-order valence-electron chi connectivity index (χ1n) is 13.0. The summed E-state index contributed by atoms with van der Waals surface area (Å²) in [4.78, 5) is 26.0. The van der Waals surface area contributed by atoms with E-state index in [2.05, 4.69) is 70.6 Å².